The van der Waals surface area contributed by atoms with Crippen molar-refractivity contribution in [2.24, 2.45) is 0 Å². The van der Waals surface area contributed by atoms with E-state index in [0.717, 1.165) is 21.4 Å². The maximum atomic E-state index is 4.54. The van der Waals surface area contributed by atoms with Gasteiger partial charge in [0.1, 0.15) is 5.52 Å². The highest BCUT2D eigenvalue weighted by molar-refractivity contribution is 14.1. The van der Waals surface area contributed by atoms with Gasteiger partial charge < -0.3 is 0 Å². The Kier molecular flexibility index (Phi) is 2.66. The van der Waals surface area contributed by atoms with Crippen LogP contribution in [0.4, 0.5) is 0 Å². The molecule has 0 N–H and O–H groups in total. The first-order valence-corrected chi connectivity index (χ1v) is 5.99. The van der Waals surface area contributed by atoms with Crippen LogP contribution in [0.5, 0.6) is 0 Å². The lowest BCUT2D eigenvalue weighted by Gasteiger charge is -2.03. The summed E-state index contributed by atoms with van der Waals surface area (Å²) in [4.78, 5) is 8.86. The van der Waals surface area contributed by atoms with E-state index in [4.69, 9.17) is 0 Å². The molecule has 2 heterocycles. The summed E-state index contributed by atoms with van der Waals surface area (Å²) >= 11 is 2.26. The molecule has 0 atom stereocenters. The number of nitrogens with zero attached hydrogens (tertiary/aromatic N) is 4. The van der Waals surface area contributed by atoms with Gasteiger partial charge in [-0.1, -0.05) is 36.4 Å². The van der Waals surface area contributed by atoms with Crippen LogP contribution in [-0.4, -0.2) is 19.7 Å². The van der Waals surface area contributed by atoms with Crippen molar-refractivity contribution in [2.45, 2.75) is 24.3 Å². The van der Waals surface area contributed by atoms with E-state index in [1.165, 1.54) is 0 Å². The molecule has 2 aromatic rings. The average Bonchev–Trinajstić information content (AvgIpc) is 2.59. The summed E-state index contributed by atoms with van der Waals surface area (Å²) in [6.07, 6.45) is 3.58. The van der Waals surface area contributed by atoms with E-state index in [1.807, 2.05) is 10.9 Å². The molecule has 0 bridgehead atoms. The second-order valence-electron chi connectivity index (χ2n) is 3.42. The van der Waals surface area contributed by atoms with Gasteiger partial charge in [-0.05, 0) is 5.92 Å². The maximum Gasteiger partial charge on any atom is 0.177 e. The van der Waals surface area contributed by atoms with Crippen LogP contribution in [-0.2, 0) is 4.55 Å². The Hall–Kier alpha value is -0.720. The number of alkyl halides is 1. The summed E-state index contributed by atoms with van der Waals surface area (Å²) in [6.45, 7) is 4.22. The lowest BCUT2D eigenvalue weighted by Crippen LogP contribution is -1.99. The normalized spacial score (nSPS) is 11.4. The summed E-state index contributed by atoms with van der Waals surface area (Å²) in [5.74, 6) is 0.407. The minimum Gasteiger partial charge on any atom is -0.249 e. The van der Waals surface area contributed by atoms with Gasteiger partial charge in [-0.15, -0.1) is 0 Å². The van der Waals surface area contributed by atoms with E-state index < -0.39 is 0 Å². The summed E-state index contributed by atoms with van der Waals surface area (Å²) in [5, 5.41) is 4.20. The van der Waals surface area contributed by atoms with Gasteiger partial charge >= 0.3 is 0 Å². The third kappa shape index (κ3) is 1.60. The van der Waals surface area contributed by atoms with Gasteiger partial charge in [0, 0.05) is 6.20 Å². The highest BCUT2D eigenvalue weighted by Gasteiger charge is 2.07. The van der Waals surface area contributed by atoms with Gasteiger partial charge in [-0.2, -0.15) is 5.10 Å². The molecule has 5 heteroatoms. The Bertz CT molecular complexity index is 449. The summed E-state index contributed by atoms with van der Waals surface area (Å²) < 4.78 is 2.66. The van der Waals surface area contributed by atoms with Crippen LogP contribution in [0, 0.1) is 0 Å². The largest absolute Gasteiger partial charge is 0.249 e. The average molecular weight is 302 g/mol. The zero-order valence-corrected chi connectivity index (χ0v) is 10.3. The van der Waals surface area contributed by atoms with Crippen LogP contribution in [0.25, 0.3) is 11.2 Å². The molecule has 14 heavy (non-hydrogen) atoms. The van der Waals surface area contributed by atoms with Crippen LogP contribution in [0.2, 0.25) is 0 Å². The topological polar surface area (TPSA) is 43.6 Å². The molecule has 74 valence electrons. The van der Waals surface area contributed by atoms with Gasteiger partial charge in [0.2, 0.25) is 0 Å². The highest BCUT2D eigenvalue weighted by atomic mass is 127. The molecule has 4 nitrogen and oxygen atoms in total. The lowest BCUT2D eigenvalue weighted by molar-refractivity contribution is 0.768. The molecule has 0 saturated heterocycles. The minimum atomic E-state index is 0.407. The van der Waals surface area contributed by atoms with Crippen molar-refractivity contribution in [3.8, 4) is 0 Å². The van der Waals surface area contributed by atoms with Crippen molar-refractivity contribution in [1.82, 2.24) is 19.7 Å². The Balaban J connectivity index is 2.61. The van der Waals surface area contributed by atoms with Gasteiger partial charge in [0.15, 0.2) is 5.65 Å². The molecular formula is C9H11IN4. The zero-order valence-electron chi connectivity index (χ0n) is 8.11. The molecule has 0 fully saturated rings. The van der Waals surface area contributed by atoms with Crippen molar-refractivity contribution >= 4 is 33.8 Å². The van der Waals surface area contributed by atoms with E-state index in [-0.39, 0.29) is 0 Å². The fraction of sp³-hybridized carbons (Fsp3) is 0.444. The Morgan fingerprint density at radius 2 is 2.21 bits per heavy atom. The van der Waals surface area contributed by atoms with Crippen LogP contribution < -0.4 is 0 Å². The van der Waals surface area contributed by atoms with E-state index in [9.17, 15) is 0 Å². The highest BCUT2D eigenvalue weighted by Crippen LogP contribution is 2.15. The molecule has 0 amide bonds. The molecule has 0 aliphatic heterocycles. The second kappa shape index (κ2) is 3.80. The molecule has 0 saturated carbocycles. The molecule has 0 aromatic carbocycles. The number of fused-ring (bicyclic) bond motifs is 1. The molecule has 0 radical (unpaired) electrons. The van der Waals surface area contributed by atoms with Crippen molar-refractivity contribution in [2.75, 3.05) is 0 Å². The predicted octanol–water partition coefficient (Wildman–Crippen LogP) is 2.34. The third-order valence-corrected chi connectivity index (χ3v) is 2.71. The Labute approximate surface area is 95.9 Å². The molecular weight excluding hydrogens is 291 g/mol. The summed E-state index contributed by atoms with van der Waals surface area (Å²) in [6, 6.07) is 0. The van der Waals surface area contributed by atoms with Crippen LogP contribution in [0.15, 0.2) is 12.4 Å². The molecule has 0 aliphatic rings. The van der Waals surface area contributed by atoms with E-state index in [0.29, 0.717) is 5.92 Å². The van der Waals surface area contributed by atoms with Gasteiger partial charge in [0.25, 0.3) is 0 Å². The quantitative estimate of drug-likeness (QED) is 0.632. The fourth-order valence-corrected chi connectivity index (χ4v) is 1.73. The van der Waals surface area contributed by atoms with Crippen LogP contribution in [0.3, 0.4) is 0 Å². The van der Waals surface area contributed by atoms with Gasteiger partial charge in [-0.3, -0.25) is 0 Å². The zero-order chi connectivity index (χ0) is 10.1. The van der Waals surface area contributed by atoms with E-state index >= 15 is 0 Å². The number of halogens is 1. The maximum absolute atomic E-state index is 4.54. The van der Waals surface area contributed by atoms with Crippen molar-refractivity contribution < 1.29 is 0 Å². The monoisotopic (exact) mass is 302 g/mol. The van der Waals surface area contributed by atoms with Crippen molar-refractivity contribution in [3.63, 3.8) is 0 Å². The van der Waals surface area contributed by atoms with E-state index in [2.05, 4.69) is 51.5 Å². The number of hydrogen-bond donors (Lipinski definition) is 0. The molecule has 2 aromatic heterocycles. The lowest BCUT2D eigenvalue weighted by atomic mass is 10.1. The molecule has 0 unspecified atom stereocenters. The second-order valence-corrected chi connectivity index (χ2v) is 4.10. The van der Waals surface area contributed by atoms with Crippen LogP contribution >= 0.6 is 22.6 Å². The molecule has 0 aliphatic carbocycles. The first-order chi connectivity index (χ1) is 6.72. The SMILES string of the molecule is CC(C)c1cnc2cnn(CI)c2n1. The van der Waals surface area contributed by atoms with E-state index in [1.54, 1.807) is 6.20 Å². The fourth-order valence-electron chi connectivity index (χ4n) is 1.23. The van der Waals surface area contributed by atoms with Gasteiger partial charge in [0.05, 0.1) is 16.4 Å². The van der Waals surface area contributed by atoms with Crippen LogP contribution in [0.1, 0.15) is 25.5 Å². The number of hydrogen-bond acceptors (Lipinski definition) is 3. The first kappa shape index (κ1) is 9.82. The number of rotatable bonds is 2. The third-order valence-electron chi connectivity index (χ3n) is 2.07. The summed E-state index contributed by atoms with van der Waals surface area (Å²) in [7, 11) is 0. The standard InChI is InChI=1S/C9H11IN4/c1-6(2)7-3-11-8-4-12-14(5-10)9(8)13-7/h3-4,6H,5H2,1-2H3. The first-order valence-electron chi connectivity index (χ1n) is 4.47. The minimum absolute atomic E-state index is 0.407. The van der Waals surface area contributed by atoms with Gasteiger partial charge in [-0.25, -0.2) is 14.6 Å². The Morgan fingerprint density at radius 3 is 2.86 bits per heavy atom. The van der Waals surface area contributed by atoms with Crippen molar-refractivity contribution in [3.05, 3.63) is 18.1 Å². The Morgan fingerprint density at radius 1 is 1.43 bits per heavy atom. The van der Waals surface area contributed by atoms with Crippen molar-refractivity contribution in [1.29, 1.82) is 0 Å². The molecule has 0 spiro atoms. The number of aromatic nitrogens is 4. The molecule has 2 rings (SSSR count). The predicted molar refractivity (Wildman–Crippen MR) is 63.4 cm³/mol. The smallest absolute Gasteiger partial charge is 0.177 e. The summed E-state index contributed by atoms with van der Waals surface area (Å²) in [5.41, 5.74) is 2.76.